The summed E-state index contributed by atoms with van der Waals surface area (Å²) in [6.45, 7) is 3.83. The van der Waals surface area contributed by atoms with Crippen molar-refractivity contribution in [1.29, 1.82) is 0 Å². The van der Waals surface area contributed by atoms with Gasteiger partial charge in [0.1, 0.15) is 0 Å². The lowest BCUT2D eigenvalue weighted by Crippen LogP contribution is -2.45. The smallest absolute Gasteiger partial charge is 0.308 e. The number of carbonyl (C=O) groups is 1. The maximum Gasteiger partial charge on any atom is 0.308 e. The Kier molecular flexibility index (Phi) is 4.40. The van der Waals surface area contributed by atoms with Crippen LogP contribution in [0.3, 0.4) is 0 Å². The molecule has 1 aromatic carbocycles. The molecule has 0 aromatic heterocycles. The van der Waals surface area contributed by atoms with E-state index in [1.165, 1.54) is 5.56 Å². The minimum Gasteiger partial charge on any atom is -0.481 e. The predicted molar refractivity (Wildman–Crippen MR) is 74.4 cm³/mol. The summed E-state index contributed by atoms with van der Waals surface area (Å²) >= 11 is 3.46. The van der Waals surface area contributed by atoms with Gasteiger partial charge in [0.15, 0.2) is 0 Å². The first kappa shape index (κ1) is 13.6. The summed E-state index contributed by atoms with van der Waals surface area (Å²) in [4.78, 5) is 13.5. The highest BCUT2D eigenvalue weighted by Gasteiger charge is 2.32. The molecular formula is C14H18BrNO2. The average Bonchev–Trinajstić information content (AvgIpc) is 2.31. The summed E-state index contributed by atoms with van der Waals surface area (Å²) in [5.41, 5.74) is 1.22. The van der Waals surface area contributed by atoms with Gasteiger partial charge in [-0.25, -0.2) is 0 Å². The van der Waals surface area contributed by atoms with Crippen molar-refractivity contribution in [2.45, 2.75) is 32.4 Å². The van der Waals surface area contributed by atoms with E-state index in [9.17, 15) is 9.90 Å². The summed E-state index contributed by atoms with van der Waals surface area (Å²) in [5, 5.41) is 9.20. The standard InChI is InChI=1S/C14H18BrNO2/c1-10-13(14(17)18)6-3-7-16(10)9-11-4-2-5-12(15)8-11/h2,4-5,8,10,13H,3,6-7,9H2,1H3,(H,17,18)/t10-,13-/m1/s1. The molecule has 1 aliphatic heterocycles. The van der Waals surface area contributed by atoms with Crippen molar-refractivity contribution >= 4 is 21.9 Å². The van der Waals surface area contributed by atoms with E-state index in [4.69, 9.17) is 0 Å². The summed E-state index contributed by atoms with van der Waals surface area (Å²) in [6, 6.07) is 8.31. The number of benzene rings is 1. The van der Waals surface area contributed by atoms with Crippen LogP contribution in [0.25, 0.3) is 0 Å². The van der Waals surface area contributed by atoms with E-state index in [-0.39, 0.29) is 12.0 Å². The molecule has 0 aliphatic carbocycles. The van der Waals surface area contributed by atoms with Crippen molar-refractivity contribution in [2.24, 2.45) is 5.92 Å². The Bertz CT molecular complexity index is 436. The molecule has 1 aromatic rings. The van der Waals surface area contributed by atoms with Crippen molar-refractivity contribution in [1.82, 2.24) is 4.90 Å². The highest BCUT2D eigenvalue weighted by Crippen LogP contribution is 2.25. The molecule has 1 aliphatic rings. The second kappa shape index (κ2) is 5.85. The molecule has 3 nitrogen and oxygen atoms in total. The molecule has 0 bridgehead atoms. The fourth-order valence-corrected chi connectivity index (χ4v) is 3.08. The maximum atomic E-state index is 11.2. The Balaban J connectivity index is 2.06. The van der Waals surface area contributed by atoms with Crippen LogP contribution >= 0.6 is 15.9 Å². The molecular weight excluding hydrogens is 294 g/mol. The minimum absolute atomic E-state index is 0.107. The zero-order valence-electron chi connectivity index (χ0n) is 10.5. The van der Waals surface area contributed by atoms with Crippen molar-refractivity contribution < 1.29 is 9.90 Å². The SMILES string of the molecule is C[C@@H]1[C@H](C(=O)O)CCCN1Cc1cccc(Br)c1. The predicted octanol–water partition coefficient (Wildman–Crippen LogP) is 3.13. The number of carboxylic acids is 1. The molecule has 4 heteroatoms. The van der Waals surface area contributed by atoms with Gasteiger partial charge < -0.3 is 5.11 Å². The molecule has 98 valence electrons. The van der Waals surface area contributed by atoms with Gasteiger partial charge in [0, 0.05) is 17.1 Å². The zero-order chi connectivity index (χ0) is 13.1. The Morgan fingerprint density at radius 3 is 3.00 bits per heavy atom. The highest BCUT2D eigenvalue weighted by molar-refractivity contribution is 9.10. The van der Waals surface area contributed by atoms with Crippen LogP contribution in [0.15, 0.2) is 28.7 Å². The van der Waals surface area contributed by atoms with Gasteiger partial charge in [-0.05, 0) is 44.0 Å². The fraction of sp³-hybridized carbons (Fsp3) is 0.500. The molecule has 1 saturated heterocycles. The van der Waals surface area contributed by atoms with E-state index in [2.05, 4.69) is 33.0 Å². The summed E-state index contributed by atoms with van der Waals surface area (Å²) in [5.74, 6) is -0.896. The van der Waals surface area contributed by atoms with Crippen LogP contribution < -0.4 is 0 Å². The third-order valence-electron chi connectivity index (χ3n) is 3.71. The Hall–Kier alpha value is -0.870. The monoisotopic (exact) mass is 311 g/mol. The Labute approximate surface area is 116 Å². The number of rotatable bonds is 3. The lowest BCUT2D eigenvalue weighted by molar-refractivity contribution is -0.145. The Morgan fingerprint density at radius 1 is 1.56 bits per heavy atom. The van der Waals surface area contributed by atoms with Gasteiger partial charge in [-0.2, -0.15) is 0 Å². The first-order chi connectivity index (χ1) is 8.58. The lowest BCUT2D eigenvalue weighted by atomic mass is 9.90. The molecule has 1 N–H and O–H groups in total. The molecule has 0 unspecified atom stereocenters. The second-order valence-corrected chi connectivity index (χ2v) is 5.84. The normalized spacial score (nSPS) is 25.0. The lowest BCUT2D eigenvalue weighted by Gasteiger charge is -2.37. The van der Waals surface area contributed by atoms with Crippen LogP contribution in [-0.4, -0.2) is 28.6 Å². The molecule has 18 heavy (non-hydrogen) atoms. The number of hydrogen-bond donors (Lipinski definition) is 1. The van der Waals surface area contributed by atoms with Crippen LogP contribution in [-0.2, 0) is 11.3 Å². The van der Waals surface area contributed by atoms with Crippen LogP contribution in [0, 0.1) is 5.92 Å². The van der Waals surface area contributed by atoms with Gasteiger partial charge >= 0.3 is 5.97 Å². The number of hydrogen-bond acceptors (Lipinski definition) is 2. The molecule has 0 radical (unpaired) electrons. The van der Waals surface area contributed by atoms with Gasteiger partial charge in [-0.1, -0.05) is 28.1 Å². The van der Waals surface area contributed by atoms with Crippen molar-refractivity contribution in [2.75, 3.05) is 6.54 Å². The van der Waals surface area contributed by atoms with E-state index in [1.54, 1.807) is 0 Å². The summed E-state index contributed by atoms with van der Waals surface area (Å²) in [6.07, 6.45) is 1.76. The number of likely N-dealkylation sites (tertiary alicyclic amines) is 1. The molecule has 1 fully saturated rings. The topological polar surface area (TPSA) is 40.5 Å². The van der Waals surface area contributed by atoms with Gasteiger partial charge in [-0.3, -0.25) is 9.69 Å². The van der Waals surface area contributed by atoms with Gasteiger partial charge in [0.05, 0.1) is 5.92 Å². The number of aliphatic carboxylic acids is 1. The summed E-state index contributed by atoms with van der Waals surface area (Å²) in [7, 11) is 0. The van der Waals surface area contributed by atoms with Crippen molar-refractivity contribution in [3.63, 3.8) is 0 Å². The van der Waals surface area contributed by atoms with E-state index in [0.717, 1.165) is 30.4 Å². The van der Waals surface area contributed by atoms with Crippen LogP contribution in [0.4, 0.5) is 0 Å². The second-order valence-electron chi connectivity index (χ2n) is 4.93. The average molecular weight is 312 g/mol. The molecule has 2 rings (SSSR count). The summed E-state index contributed by atoms with van der Waals surface area (Å²) < 4.78 is 1.07. The number of piperidine rings is 1. The maximum absolute atomic E-state index is 11.2. The molecule has 1 heterocycles. The van der Waals surface area contributed by atoms with Crippen molar-refractivity contribution in [3.05, 3.63) is 34.3 Å². The van der Waals surface area contributed by atoms with Gasteiger partial charge in [-0.15, -0.1) is 0 Å². The highest BCUT2D eigenvalue weighted by atomic mass is 79.9. The molecule has 0 spiro atoms. The number of carboxylic acid groups (broad SMARTS) is 1. The quantitative estimate of drug-likeness (QED) is 0.932. The first-order valence-corrected chi connectivity index (χ1v) is 7.08. The van der Waals surface area contributed by atoms with Crippen LogP contribution in [0.2, 0.25) is 0 Å². The van der Waals surface area contributed by atoms with Crippen LogP contribution in [0.1, 0.15) is 25.3 Å². The third kappa shape index (κ3) is 3.12. The number of nitrogens with zero attached hydrogens (tertiary/aromatic N) is 1. The largest absolute Gasteiger partial charge is 0.481 e. The first-order valence-electron chi connectivity index (χ1n) is 6.29. The zero-order valence-corrected chi connectivity index (χ0v) is 12.1. The van der Waals surface area contributed by atoms with E-state index >= 15 is 0 Å². The Morgan fingerprint density at radius 2 is 2.33 bits per heavy atom. The van der Waals surface area contributed by atoms with Gasteiger partial charge in [0.2, 0.25) is 0 Å². The fourth-order valence-electron chi connectivity index (χ4n) is 2.64. The third-order valence-corrected chi connectivity index (χ3v) is 4.20. The number of halogens is 1. The molecule has 0 saturated carbocycles. The molecule has 2 atom stereocenters. The van der Waals surface area contributed by atoms with E-state index in [0.29, 0.717) is 0 Å². The van der Waals surface area contributed by atoms with Crippen molar-refractivity contribution in [3.8, 4) is 0 Å². The van der Waals surface area contributed by atoms with E-state index in [1.807, 2.05) is 19.1 Å². The minimum atomic E-state index is -0.665. The van der Waals surface area contributed by atoms with Gasteiger partial charge in [0.25, 0.3) is 0 Å². The van der Waals surface area contributed by atoms with E-state index < -0.39 is 5.97 Å². The van der Waals surface area contributed by atoms with Crippen LogP contribution in [0.5, 0.6) is 0 Å². The molecule has 0 amide bonds.